The highest BCUT2D eigenvalue weighted by Crippen LogP contribution is 2.78. The average molecular weight is 553 g/mol. The van der Waals surface area contributed by atoms with Crippen LogP contribution in [0.2, 0.25) is 0 Å². The van der Waals surface area contributed by atoms with Crippen molar-refractivity contribution >= 4 is 21.3 Å². The van der Waals surface area contributed by atoms with Gasteiger partial charge in [-0.25, -0.2) is 39.7 Å². The topological polar surface area (TPSA) is 87.8 Å². The summed E-state index contributed by atoms with van der Waals surface area (Å²) in [6.07, 6.45) is -5.03. The number of hydrogen-bond donors (Lipinski definition) is 2. The van der Waals surface area contributed by atoms with Crippen LogP contribution in [-0.4, -0.2) is 43.7 Å². The molecule has 1 amide bonds. The molecule has 14 heteroatoms. The molecule has 0 radical (unpaired) electrons. The lowest BCUT2D eigenvalue weighted by molar-refractivity contribution is -0.370. The van der Waals surface area contributed by atoms with Crippen molar-refractivity contribution in [1.29, 1.82) is 4.78 Å². The van der Waals surface area contributed by atoms with Crippen molar-refractivity contribution < 1.29 is 39.7 Å². The maximum absolute atomic E-state index is 14.6. The Labute approximate surface area is 207 Å². The van der Waals surface area contributed by atoms with Gasteiger partial charge in [-0.3, -0.25) is 9.48 Å². The summed E-state index contributed by atoms with van der Waals surface area (Å²) in [4.78, 5) is 13.3. The van der Waals surface area contributed by atoms with Gasteiger partial charge in [0, 0.05) is 49.1 Å². The number of amides is 1. The molecule has 0 spiro atoms. The number of rotatable bonds is 7. The quantitative estimate of drug-likeness (QED) is 0.418. The zero-order valence-electron chi connectivity index (χ0n) is 19.7. The molecule has 202 valence electrons. The summed E-state index contributed by atoms with van der Waals surface area (Å²) in [6, 6.07) is 5.28. The molecule has 2 N–H and O–H groups in total. The molecule has 1 atom stereocenters. The van der Waals surface area contributed by atoms with Crippen LogP contribution < -0.4 is 5.32 Å². The maximum atomic E-state index is 14.6. The minimum Gasteiger partial charge on any atom is -0.321 e. The van der Waals surface area contributed by atoms with Crippen LogP contribution in [0.1, 0.15) is 60.8 Å². The molecule has 4 fully saturated rings. The summed E-state index contributed by atoms with van der Waals surface area (Å²) in [5.41, 5.74) is -8.99. The summed E-state index contributed by atoms with van der Waals surface area (Å²) in [6.45, 7) is 1.01. The van der Waals surface area contributed by atoms with Gasteiger partial charge in [-0.1, -0.05) is 13.0 Å². The van der Waals surface area contributed by atoms with E-state index in [1.807, 2.05) is 0 Å². The van der Waals surface area contributed by atoms with E-state index in [-0.39, 0.29) is 10.6 Å². The Morgan fingerprint density at radius 2 is 1.78 bits per heavy atom. The number of nitrogens with one attached hydrogen (secondary N) is 2. The second kappa shape index (κ2) is 7.48. The fourth-order valence-electron chi connectivity index (χ4n) is 5.95. The van der Waals surface area contributed by atoms with Gasteiger partial charge in [0.1, 0.15) is 5.69 Å². The third-order valence-corrected chi connectivity index (χ3v) is 8.80. The van der Waals surface area contributed by atoms with Crippen molar-refractivity contribution in [3.63, 3.8) is 0 Å². The molecule has 4 aliphatic carbocycles. The molecule has 6 nitrogen and oxygen atoms in total. The Morgan fingerprint density at radius 1 is 1.16 bits per heavy atom. The van der Waals surface area contributed by atoms with Crippen molar-refractivity contribution in [3.8, 4) is 0 Å². The number of carbonyl (C=O) groups excluding carboxylic acids is 1. The second-order valence-electron chi connectivity index (χ2n) is 10.9. The average Bonchev–Trinajstić information content (AvgIpc) is 3.08. The zero-order chi connectivity index (χ0) is 27.4. The van der Waals surface area contributed by atoms with Crippen molar-refractivity contribution in [2.75, 3.05) is 11.6 Å². The van der Waals surface area contributed by atoms with Gasteiger partial charge in [-0.05, 0) is 23.6 Å². The third-order valence-electron chi connectivity index (χ3n) is 7.65. The summed E-state index contributed by atoms with van der Waals surface area (Å²) < 4.78 is 120. The lowest BCUT2D eigenvalue weighted by Crippen LogP contribution is -2.84. The number of aromatic nitrogens is 2. The van der Waals surface area contributed by atoms with E-state index in [0.29, 0.717) is 0 Å². The molecule has 0 saturated heterocycles. The molecule has 1 aromatic carbocycles. The van der Waals surface area contributed by atoms with Crippen molar-refractivity contribution in [3.05, 3.63) is 41.2 Å². The summed E-state index contributed by atoms with van der Waals surface area (Å²) >= 11 is 0. The van der Waals surface area contributed by atoms with Crippen LogP contribution in [0.5, 0.6) is 0 Å². The minimum absolute atomic E-state index is 0.0150. The summed E-state index contributed by atoms with van der Waals surface area (Å²) in [5.74, 6) is -8.14. The van der Waals surface area contributed by atoms with Gasteiger partial charge in [0.15, 0.2) is 5.67 Å². The molecule has 1 aromatic heterocycles. The van der Waals surface area contributed by atoms with Gasteiger partial charge >= 0.3 is 0 Å². The van der Waals surface area contributed by atoms with E-state index in [1.165, 1.54) is 31.2 Å². The highest BCUT2D eigenvalue weighted by molar-refractivity contribution is 7.91. The first-order valence-electron chi connectivity index (χ1n) is 11.3. The first kappa shape index (κ1) is 26.0. The number of hydrogen-bond acceptors (Lipinski definition) is 4. The van der Waals surface area contributed by atoms with E-state index in [4.69, 9.17) is 4.78 Å². The molecular weight excluding hydrogens is 529 g/mol. The van der Waals surface area contributed by atoms with Crippen LogP contribution in [0.3, 0.4) is 0 Å². The predicted octanol–water partition coefficient (Wildman–Crippen LogP) is 5.93. The highest BCUT2D eigenvalue weighted by atomic mass is 32.2. The Balaban J connectivity index is 1.59. The van der Waals surface area contributed by atoms with E-state index in [2.05, 4.69) is 10.4 Å². The second-order valence-corrected chi connectivity index (χ2v) is 13.0. The Bertz CT molecular complexity index is 1410. The molecule has 37 heavy (non-hydrogen) atoms. The standard InChI is InChI=1S/C23H23F7N4O2S/c1-19(7-22(27,28)8-19)11-34-15(18(35)32-12-4-3-5-13(6-12)37(2,31)36)14(17(24)25)16(33-34)20-9-21(26,10-20)23(20,29)30/h3-6,17,31H,7-11H2,1-2H3,(H,32,35). The fourth-order valence-corrected chi connectivity index (χ4v) is 6.64. The lowest BCUT2D eigenvalue weighted by Gasteiger charge is -2.70. The molecular formula is C23H23F7N4O2S. The largest absolute Gasteiger partial charge is 0.321 e. The maximum Gasteiger partial charge on any atom is 0.292 e. The van der Waals surface area contributed by atoms with Gasteiger partial charge in [-0.2, -0.15) is 5.10 Å². The molecule has 2 aromatic rings. The molecule has 6 rings (SSSR count). The Kier molecular flexibility index (Phi) is 5.25. The monoisotopic (exact) mass is 552 g/mol. The summed E-state index contributed by atoms with van der Waals surface area (Å²) in [7, 11) is -3.19. The van der Waals surface area contributed by atoms with Crippen LogP contribution in [0.4, 0.5) is 36.4 Å². The van der Waals surface area contributed by atoms with Crippen molar-refractivity contribution in [2.45, 2.75) is 73.4 Å². The predicted molar refractivity (Wildman–Crippen MR) is 119 cm³/mol. The smallest absolute Gasteiger partial charge is 0.292 e. The molecule has 4 aliphatic rings. The third kappa shape index (κ3) is 3.68. The zero-order valence-corrected chi connectivity index (χ0v) is 20.5. The van der Waals surface area contributed by atoms with Gasteiger partial charge in [0.2, 0.25) is 5.92 Å². The van der Waals surface area contributed by atoms with Gasteiger partial charge in [0.05, 0.1) is 26.4 Å². The number of benzene rings is 1. The van der Waals surface area contributed by atoms with Crippen LogP contribution >= 0.6 is 0 Å². The van der Waals surface area contributed by atoms with Crippen LogP contribution in [0.15, 0.2) is 29.2 Å². The molecule has 1 heterocycles. The highest BCUT2D eigenvalue weighted by Gasteiger charge is 2.91. The Morgan fingerprint density at radius 3 is 2.27 bits per heavy atom. The summed E-state index contributed by atoms with van der Waals surface area (Å²) in [5, 5.41) is 6.27. The van der Waals surface area contributed by atoms with E-state index >= 15 is 0 Å². The minimum atomic E-state index is -3.96. The van der Waals surface area contributed by atoms with Crippen LogP contribution in [-0.2, 0) is 21.7 Å². The first-order chi connectivity index (χ1) is 16.8. The lowest BCUT2D eigenvalue weighted by atomic mass is 9.37. The number of carbonyl (C=O) groups is 1. The SMILES string of the molecule is CC1(Cn2nc(C34CC(F)(C3)C4(F)F)c(C(F)F)c2C(=O)Nc2cccc(S(C)(=N)=O)c2)CC(F)(F)C1. The normalized spacial score (nSPS) is 30.0. The number of anilines is 1. The first-order valence-corrected chi connectivity index (χ1v) is 13.3. The fraction of sp³-hybridized carbons (Fsp3) is 0.565. The van der Waals surface area contributed by atoms with E-state index in [9.17, 15) is 39.7 Å². The Hall–Kier alpha value is -2.64. The molecule has 4 saturated carbocycles. The van der Waals surface area contributed by atoms with Crippen LogP contribution in [0, 0.1) is 10.2 Å². The van der Waals surface area contributed by atoms with Gasteiger partial charge < -0.3 is 5.32 Å². The number of halogens is 7. The van der Waals surface area contributed by atoms with Crippen molar-refractivity contribution in [1.82, 2.24) is 9.78 Å². The van der Waals surface area contributed by atoms with E-state index in [0.717, 1.165) is 10.9 Å². The molecule has 0 aliphatic heterocycles. The van der Waals surface area contributed by atoms with Gasteiger partial charge in [0.25, 0.3) is 18.3 Å². The van der Waals surface area contributed by atoms with E-state index in [1.54, 1.807) is 0 Å². The van der Waals surface area contributed by atoms with Crippen molar-refractivity contribution in [2.24, 2.45) is 5.41 Å². The number of nitrogens with zero attached hydrogens (tertiary/aromatic N) is 2. The van der Waals surface area contributed by atoms with Crippen LogP contribution in [0.25, 0.3) is 0 Å². The van der Waals surface area contributed by atoms with E-state index < -0.39 is 99.6 Å². The number of alkyl halides is 7. The molecule has 1 unspecified atom stereocenters. The molecule has 2 bridgehead atoms. The van der Waals surface area contributed by atoms with Gasteiger partial charge in [-0.15, -0.1) is 0 Å².